The third-order valence-electron chi connectivity index (χ3n) is 2.73. The van der Waals surface area contributed by atoms with E-state index in [2.05, 4.69) is 21.9 Å². The van der Waals surface area contributed by atoms with Gasteiger partial charge in [0, 0.05) is 30.7 Å². The summed E-state index contributed by atoms with van der Waals surface area (Å²) in [5.41, 5.74) is 6.06. The Morgan fingerprint density at radius 2 is 2.56 bits per heavy atom. The predicted octanol–water partition coefficient (Wildman–Crippen LogP) is -0.0517. The smallest absolute Gasteiger partial charge is 0.251 e. The molecular weight excluding hydrogens is 224 g/mol. The number of nitrogens with two attached hydrogens (primary N) is 1. The number of nitrogens with one attached hydrogen (secondary N) is 1. The summed E-state index contributed by atoms with van der Waals surface area (Å²) >= 11 is 1.89. The summed E-state index contributed by atoms with van der Waals surface area (Å²) in [7, 11) is 2.06. The molecule has 3 N–H and O–H groups in total. The van der Waals surface area contributed by atoms with Gasteiger partial charge in [-0.25, -0.2) is 4.98 Å². The Labute approximate surface area is 98.4 Å². The zero-order valence-corrected chi connectivity index (χ0v) is 10.1. The van der Waals surface area contributed by atoms with Crippen molar-refractivity contribution >= 4 is 11.8 Å². The largest absolute Gasteiger partial charge is 0.325 e. The molecular formula is C10H16N4OS. The second-order valence-corrected chi connectivity index (χ2v) is 5.05. The molecule has 0 bridgehead atoms. The van der Waals surface area contributed by atoms with Crippen molar-refractivity contribution in [2.75, 3.05) is 25.1 Å². The van der Waals surface area contributed by atoms with E-state index in [1.807, 2.05) is 11.8 Å². The van der Waals surface area contributed by atoms with Gasteiger partial charge in [-0.3, -0.25) is 9.69 Å². The second kappa shape index (κ2) is 4.99. The van der Waals surface area contributed by atoms with Crippen molar-refractivity contribution in [3.63, 3.8) is 0 Å². The predicted molar refractivity (Wildman–Crippen MR) is 65.4 cm³/mol. The molecule has 2 heterocycles. The Morgan fingerprint density at radius 3 is 3.25 bits per heavy atom. The van der Waals surface area contributed by atoms with Crippen LogP contribution in [0.4, 0.5) is 0 Å². The van der Waals surface area contributed by atoms with E-state index in [9.17, 15) is 4.79 Å². The van der Waals surface area contributed by atoms with Gasteiger partial charge in [0.2, 0.25) is 0 Å². The minimum absolute atomic E-state index is 0.116. The fraction of sp³-hybridized carbons (Fsp3) is 0.600. The lowest BCUT2D eigenvalue weighted by Gasteiger charge is -2.31. The molecule has 1 unspecified atom stereocenters. The van der Waals surface area contributed by atoms with Crippen LogP contribution >= 0.6 is 11.8 Å². The SMILES string of the molecule is CN1CCSCC1c1nc(CN)cc(=O)[nH]1. The molecule has 0 radical (unpaired) electrons. The highest BCUT2D eigenvalue weighted by Crippen LogP contribution is 2.25. The van der Waals surface area contributed by atoms with Gasteiger partial charge >= 0.3 is 0 Å². The highest BCUT2D eigenvalue weighted by molar-refractivity contribution is 7.99. The summed E-state index contributed by atoms with van der Waals surface area (Å²) in [5, 5.41) is 0. The van der Waals surface area contributed by atoms with E-state index >= 15 is 0 Å². The molecule has 1 saturated heterocycles. The number of H-pyrrole nitrogens is 1. The van der Waals surface area contributed by atoms with Gasteiger partial charge in [0.15, 0.2) is 0 Å². The summed E-state index contributed by atoms with van der Waals surface area (Å²) < 4.78 is 0. The molecule has 1 atom stereocenters. The number of aromatic amines is 1. The van der Waals surface area contributed by atoms with Crippen molar-refractivity contribution < 1.29 is 0 Å². The van der Waals surface area contributed by atoms with Crippen LogP contribution in [0.3, 0.4) is 0 Å². The first-order chi connectivity index (χ1) is 7.70. The van der Waals surface area contributed by atoms with E-state index in [0.717, 1.165) is 23.9 Å². The van der Waals surface area contributed by atoms with Gasteiger partial charge in [-0.1, -0.05) is 0 Å². The van der Waals surface area contributed by atoms with Crippen molar-refractivity contribution in [3.05, 3.63) is 27.9 Å². The maximum atomic E-state index is 11.4. The molecule has 16 heavy (non-hydrogen) atoms. The van der Waals surface area contributed by atoms with Crippen LogP contribution in [0.25, 0.3) is 0 Å². The van der Waals surface area contributed by atoms with E-state index < -0.39 is 0 Å². The van der Waals surface area contributed by atoms with Crippen LogP contribution in [0.1, 0.15) is 17.6 Å². The number of hydrogen-bond donors (Lipinski definition) is 2. The van der Waals surface area contributed by atoms with E-state index in [4.69, 9.17) is 5.73 Å². The first-order valence-electron chi connectivity index (χ1n) is 5.29. The van der Waals surface area contributed by atoms with Crippen LogP contribution in [-0.4, -0.2) is 40.0 Å². The van der Waals surface area contributed by atoms with Gasteiger partial charge in [0.05, 0.1) is 11.7 Å². The maximum absolute atomic E-state index is 11.4. The van der Waals surface area contributed by atoms with Crippen LogP contribution in [0.5, 0.6) is 0 Å². The van der Waals surface area contributed by atoms with Gasteiger partial charge in [-0.15, -0.1) is 0 Å². The zero-order chi connectivity index (χ0) is 11.5. The van der Waals surface area contributed by atoms with Crippen LogP contribution in [0, 0.1) is 0 Å². The van der Waals surface area contributed by atoms with Gasteiger partial charge in [0.25, 0.3) is 5.56 Å². The quantitative estimate of drug-likeness (QED) is 0.758. The van der Waals surface area contributed by atoms with Crippen molar-refractivity contribution in [2.24, 2.45) is 5.73 Å². The Bertz CT molecular complexity index is 420. The normalized spacial score (nSPS) is 22.2. The van der Waals surface area contributed by atoms with Crippen LogP contribution in [0.2, 0.25) is 0 Å². The summed E-state index contributed by atoms with van der Waals surface area (Å²) in [6.07, 6.45) is 0. The van der Waals surface area contributed by atoms with E-state index in [1.54, 1.807) is 0 Å². The molecule has 6 heteroatoms. The number of hydrogen-bond acceptors (Lipinski definition) is 5. The van der Waals surface area contributed by atoms with Crippen LogP contribution < -0.4 is 11.3 Å². The van der Waals surface area contributed by atoms with Crippen molar-refractivity contribution in [1.29, 1.82) is 0 Å². The second-order valence-electron chi connectivity index (χ2n) is 3.90. The number of aromatic nitrogens is 2. The minimum Gasteiger partial charge on any atom is -0.325 e. The molecule has 0 spiro atoms. The third kappa shape index (κ3) is 2.45. The molecule has 0 saturated carbocycles. The summed E-state index contributed by atoms with van der Waals surface area (Å²) in [4.78, 5) is 20.9. The first kappa shape index (κ1) is 11.6. The fourth-order valence-electron chi connectivity index (χ4n) is 1.77. The van der Waals surface area contributed by atoms with Crippen molar-refractivity contribution in [1.82, 2.24) is 14.9 Å². The highest BCUT2D eigenvalue weighted by Gasteiger charge is 2.23. The molecule has 0 amide bonds. The lowest BCUT2D eigenvalue weighted by Crippen LogP contribution is -2.35. The molecule has 1 aromatic heterocycles. The van der Waals surface area contributed by atoms with Crippen LogP contribution in [-0.2, 0) is 6.54 Å². The molecule has 5 nitrogen and oxygen atoms in total. The average molecular weight is 240 g/mol. The topological polar surface area (TPSA) is 75.0 Å². The van der Waals surface area contributed by atoms with E-state index in [0.29, 0.717) is 12.2 Å². The van der Waals surface area contributed by atoms with Crippen molar-refractivity contribution in [3.8, 4) is 0 Å². The molecule has 1 aliphatic rings. The molecule has 0 aromatic carbocycles. The van der Waals surface area contributed by atoms with E-state index in [-0.39, 0.29) is 11.6 Å². The lowest BCUT2D eigenvalue weighted by molar-refractivity contribution is 0.263. The minimum atomic E-state index is -0.116. The Hall–Kier alpha value is -0.850. The summed E-state index contributed by atoms with van der Waals surface area (Å²) in [6.45, 7) is 1.33. The van der Waals surface area contributed by atoms with Crippen LogP contribution in [0.15, 0.2) is 10.9 Å². The van der Waals surface area contributed by atoms with Gasteiger partial charge in [0.1, 0.15) is 5.82 Å². The molecule has 88 valence electrons. The molecule has 0 aliphatic carbocycles. The summed E-state index contributed by atoms with van der Waals surface area (Å²) in [5.74, 6) is 2.84. The molecule has 1 aromatic rings. The van der Waals surface area contributed by atoms with Gasteiger partial charge in [-0.05, 0) is 7.05 Å². The number of rotatable bonds is 2. The fourth-order valence-corrected chi connectivity index (χ4v) is 2.98. The first-order valence-corrected chi connectivity index (χ1v) is 6.44. The Kier molecular flexibility index (Phi) is 3.63. The standard InChI is InChI=1S/C10H16N4OS/c1-14-2-3-16-6-8(14)10-12-7(5-11)4-9(15)13-10/h4,8H,2-3,5-6,11H2,1H3,(H,12,13,15). The van der Waals surface area contributed by atoms with E-state index in [1.165, 1.54) is 6.07 Å². The van der Waals surface area contributed by atoms with Gasteiger partial charge < -0.3 is 10.7 Å². The summed E-state index contributed by atoms with van der Waals surface area (Å²) in [6, 6.07) is 1.65. The van der Waals surface area contributed by atoms with Crippen molar-refractivity contribution in [2.45, 2.75) is 12.6 Å². The molecule has 2 rings (SSSR count). The monoisotopic (exact) mass is 240 g/mol. The highest BCUT2D eigenvalue weighted by atomic mass is 32.2. The number of nitrogens with zero attached hydrogens (tertiary/aromatic N) is 2. The maximum Gasteiger partial charge on any atom is 0.251 e. The average Bonchev–Trinajstić information content (AvgIpc) is 2.28. The molecule has 1 aliphatic heterocycles. The lowest BCUT2D eigenvalue weighted by atomic mass is 10.2. The Balaban J connectivity index is 2.31. The molecule has 1 fully saturated rings. The Morgan fingerprint density at radius 1 is 1.75 bits per heavy atom. The van der Waals surface area contributed by atoms with Gasteiger partial charge in [-0.2, -0.15) is 11.8 Å². The third-order valence-corrected chi connectivity index (χ3v) is 3.76. The zero-order valence-electron chi connectivity index (χ0n) is 9.27. The number of thioether (sulfide) groups is 1.